The number of nitrogens with zero attached hydrogens (tertiary/aromatic N) is 1. The van der Waals surface area contributed by atoms with E-state index in [1.54, 1.807) is 24.3 Å². The quantitative estimate of drug-likeness (QED) is 0.761. The molecule has 1 N–H and O–H groups in total. The minimum absolute atomic E-state index is 0.233. The molecular formula is C14H22N2O4S2. The lowest BCUT2D eigenvalue weighted by molar-refractivity contribution is 0.294. The Bertz CT molecular complexity index is 700. The van der Waals surface area contributed by atoms with Gasteiger partial charge in [-0.05, 0) is 25.1 Å². The van der Waals surface area contributed by atoms with Crippen LogP contribution in [0.25, 0.3) is 0 Å². The molecule has 22 heavy (non-hydrogen) atoms. The van der Waals surface area contributed by atoms with E-state index in [1.165, 1.54) is 6.26 Å². The predicted molar refractivity (Wildman–Crippen MR) is 87.8 cm³/mol. The Kier molecular flexibility index (Phi) is 5.46. The number of hydrogen-bond donors (Lipinski definition) is 1. The van der Waals surface area contributed by atoms with Crippen LogP contribution in [-0.4, -0.2) is 65.7 Å². The normalized spacial score (nSPS) is 19.0. The molecule has 0 unspecified atom stereocenters. The van der Waals surface area contributed by atoms with Gasteiger partial charge < -0.3 is 10.2 Å². The number of benzene rings is 1. The van der Waals surface area contributed by atoms with Gasteiger partial charge in [-0.3, -0.25) is 0 Å². The van der Waals surface area contributed by atoms with Crippen molar-refractivity contribution in [1.82, 2.24) is 4.90 Å². The number of rotatable bonds is 6. The molecule has 1 aliphatic heterocycles. The highest BCUT2D eigenvalue weighted by atomic mass is 32.2. The minimum atomic E-state index is -3.24. The first kappa shape index (κ1) is 17.2. The molecule has 8 heteroatoms. The maximum Gasteiger partial charge on any atom is 0.177 e. The van der Waals surface area contributed by atoms with Gasteiger partial charge in [0.15, 0.2) is 19.7 Å². The molecule has 2 rings (SSSR count). The Balaban J connectivity index is 1.81. The number of sulfone groups is 2. The average Bonchev–Trinajstić information content (AvgIpc) is 2.44. The fourth-order valence-corrected chi connectivity index (χ4v) is 4.58. The molecule has 0 atom stereocenters. The molecule has 1 aliphatic rings. The van der Waals surface area contributed by atoms with Crippen LogP contribution in [0.1, 0.15) is 6.42 Å². The fourth-order valence-electron chi connectivity index (χ4n) is 2.44. The predicted octanol–water partition coefficient (Wildman–Crippen LogP) is 0.623. The third-order valence-corrected chi connectivity index (χ3v) is 6.45. The Morgan fingerprint density at radius 2 is 1.82 bits per heavy atom. The van der Waals surface area contributed by atoms with Gasteiger partial charge in [-0.25, -0.2) is 16.8 Å². The summed E-state index contributed by atoms with van der Waals surface area (Å²) in [6.45, 7) is 2.63. The van der Waals surface area contributed by atoms with Crippen molar-refractivity contribution >= 4 is 25.4 Å². The Labute approximate surface area is 132 Å². The summed E-state index contributed by atoms with van der Waals surface area (Å²) in [5, 5.41) is 3.15. The van der Waals surface area contributed by atoms with E-state index in [0.717, 1.165) is 13.0 Å². The van der Waals surface area contributed by atoms with Crippen LogP contribution >= 0.6 is 0 Å². The summed E-state index contributed by atoms with van der Waals surface area (Å²) in [6, 6.07) is 6.85. The lowest BCUT2D eigenvalue weighted by Crippen LogP contribution is -2.41. The highest BCUT2D eigenvalue weighted by Gasteiger charge is 2.20. The van der Waals surface area contributed by atoms with Crippen molar-refractivity contribution < 1.29 is 16.8 Å². The van der Waals surface area contributed by atoms with E-state index in [9.17, 15) is 16.8 Å². The SMILES string of the molecule is CS(=O)(=O)c1ccccc1NCCCN1CCS(=O)(=O)CC1. The average molecular weight is 346 g/mol. The summed E-state index contributed by atoms with van der Waals surface area (Å²) in [6.07, 6.45) is 2.03. The molecule has 0 radical (unpaired) electrons. The molecule has 6 nitrogen and oxygen atoms in total. The molecule has 0 bridgehead atoms. The summed E-state index contributed by atoms with van der Waals surface area (Å²) in [7, 11) is -6.08. The zero-order valence-electron chi connectivity index (χ0n) is 12.7. The first-order chi connectivity index (χ1) is 10.3. The molecular weight excluding hydrogens is 324 g/mol. The Morgan fingerprint density at radius 3 is 2.45 bits per heavy atom. The van der Waals surface area contributed by atoms with Crippen LogP contribution < -0.4 is 5.32 Å². The molecule has 0 amide bonds. The van der Waals surface area contributed by atoms with Gasteiger partial charge in [-0.1, -0.05) is 12.1 Å². The monoisotopic (exact) mass is 346 g/mol. The van der Waals surface area contributed by atoms with Crippen LogP contribution in [0.2, 0.25) is 0 Å². The van der Waals surface area contributed by atoms with Gasteiger partial charge in [-0.2, -0.15) is 0 Å². The van der Waals surface area contributed by atoms with E-state index < -0.39 is 19.7 Å². The molecule has 0 aliphatic carbocycles. The summed E-state index contributed by atoms with van der Waals surface area (Å²) in [5.74, 6) is 0.467. The first-order valence-electron chi connectivity index (χ1n) is 7.24. The Hall–Kier alpha value is -1.12. The van der Waals surface area contributed by atoms with Crippen LogP contribution in [0.15, 0.2) is 29.2 Å². The number of hydrogen-bond acceptors (Lipinski definition) is 6. The minimum Gasteiger partial charge on any atom is -0.384 e. The molecule has 1 saturated heterocycles. The van der Waals surface area contributed by atoms with E-state index in [1.807, 2.05) is 0 Å². The second kappa shape index (κ2) is 6.97. The molecule has 0 aromatic heterocycles. The molecule has 0 spiro atoms. The molecule has 0 saturated carbocycles. The third kappa shape index (κ3) is 4.96. The van der Waals surface area contributed by atoms with Crippen LogP contribution in [-0.2, 0) is 19.7 Å². The molecule has 1 heterocycles. The fraction of sp³-hybridized carbons (Fsp3) is 0.571. The van der Waals surface area contributed by atoms with E-state index in [0.29, 0.717) is 30.2 Å². The lowest BCUT2D eigenvalue weighted by Gasteiger charge is -2.26. The highest BCUT2D eigenvalue weighted by Crippen LogP contribution is 2.20. The largest absolute Gasteiger partial charge is 0.384 e. The van der Waals surface area contributed by atoms with Crippen molar-refractivity contribution in [2.75, 3.05) is 49.3 Å². The molecule has 1 aromatic rings. The summed E-state index contributed by atoms with van der Waals surface area (Å²) < 4.78 is 46.1. The van der Waals surface area contributed by atoms with Gasteiger partial charge in [0.1, 0.15) is 0 Å². The Morgan fingerprint density at radius 1 is 1.18 bits per heavy atom. The van der Waals surface area contributed by atoms with Crippen LogP contribution in [0.3, 0.4) is 0 Å². The summed E-state index contributed by atoms with van der Waals surface area (Å²) >= 11 is 0. The highest BCUT2D eigenvalue weighted by molar-refractivity contribution is 7.91. The van der Waals surface area contributed by atoms with E-state index in [4.69, 9.17) is 0 Å². The maximum absolute atomic E-state index is 11.7. The zero-order valence-corrected chi connectivity index (χ0v) is 14.3. The molecule has 1 aromatic carbocycles. The van der Waals surface area contributed by atoms with Crippen molar-refractivity contribution in [1.29, 1.82) is 0 Å². The van der Waals surface area contributed by atoms with Crippen LogP contribution in [0.5, 0.6) is 0 Å². The van der Waals surface area contributed by atoms with Gasteiger partial charge in [0.25, 0.3) is 0 Å². The standard InChI is InChI=1S/C14H22N2O4S2/c1-21(17,18)14-6-3-2-5-13(14)15-7-4-8-16-9-11-22(19,20)12-10-16/h2-3,5-6,15H,4,7-12H2,1H3. The number of nitrogens with one attached hydrogen (secondary N) is 1. The van der Waals surface area contributed by atoms with Crippen molar-refractivity contribution in [2.24, 2.45) is 0 Å². The van der Waals surface area contributed by atoms with E-state index in [-0.39, 0.29) is 11.5 Å². The second-order valence-corrected chi connectivity index (χ2v) is 9.83. The van der Waals surface area contributed by atoms with Crippen molar-refractivity contribution in [3.63, 3.8) is 0 Å². The third-order valence-electron chi connectivity index (χ3n) is 3.69. The smallest absolute Gasteiger partial charge is 0.177 e. The summed E-state index contributed by atoms with van der Waals surface area (Å²) in [5.41, 5.74) is 0.617. The van der Waals surface area contributed by atoms with Gasteiger partial charge in [0, 0.05) is 25.9 Å². The molecule has 124 valence electrons. The zero-order chi connectivity index (χ0) is 16.2. The number of anilines is 1. The second-order valence-electron chi connectivity index (χ2n) is 5.54. The molecule has 1 fully saturated rings. The van der Waals surface area contributed by atoms with Crippen molar-refractivity contribution in [2.45, 2.75) is 11.3 Å². The van der Waals surface area contributed by atoms with E-state index in [2.05, 4.69) is 10.2 Å². The number of para-hydroxylation sites is 1. The van der Waals surface area contributed by atoms with Gasteiger partial charge in [0.2, 0.25) is 0 Å². The topological polar surface area (TPSA) is 83.6 Å². The van der Waals surface area contributed by atoms with Gasteiger partial charge >= 0.3 is 0 Å². The first-order valence-corrected chi connectivity index (χ1v) is 10.9. The lowest BCUT2D eigenvalue weighted by atomic mass is 10.3. The summed E-state index contributed by atoms with van der Waals surface area (Å²) in [4.78, 5) is 2.43. The van der Waals surface area contributed by atoms with Crippen molar-refractivity contribution in [3.8, 4) is 0 Å². The van der Waals surface area contributed by atoms with Crippen LogP contribution in [0, 0.1) is 0 Å². The van der Waals surface area contributed by atoms with Gasteiger partial charge in [-0.15, -0.1) is 0 Å². The van der Waals surface area contributed by atoms with Crippen molar-refractivity contribution in [3.05, 3.63) is 24.3 Å². The van der Waals surface area contributed by atoms with Crippen LogP contribution in [0.4, 0.5) is 5.69 Å². The van der Waals surface area contributed by atoms with Gasteiger partial charge in [0.05, 0.1) is 22.1 Å². The van der Waals surface area contributed by atoms with E-state index >= 15 is 0 Å². The maximum atomic E-state index is 11.7.